The van der Waals surface area contributed by atoms with Gasteiger partial charge in [-0.3, -0.25) is 4.72 Å². The van der Waals surface area contributed by atoms with E-state index in [1.165, 1.54) is 16.0 Å². The monoisotopic (exact) mass is 181 g/mol. The summed E-state index contributed by atoms with van der Waals surface area (Å²) in [5.74, 6) is 0. The van der Waals surface area contributed by atoms with Crippen molar-refractivity contribution in [2.45, 2.75) is 25.7 Å². The van der Waals surface area contributed by atoms with Crippen molar-refractivity contribution in [3.63, 3.8) is 0 Å². The summed E-state index contributed by atoms with van der Waals surface area (Å²) in [4.78, 5) is 1.33. The van der Waals surface area contributed by atoms with Crippen molar-refractivity contribution < 1.29 is 0 Å². The smallest absolute Gasteiger partial charge is 0.0259 e. The van der Waals surface area contributed by atoms with Crippen molar-refractivity contribution in [1.29, 1.82) is 0 Å². The van der Waals surface area contributed by atoms with Crippen molar-refractivity contribution in [2.24, 2.45) is 0 Å². The zero-order valence-corrected chi connectivity index (χ0v) is 8.66. The molecule has 0 aromatic heterocycles. The molecule has 0 fully saturated rings. The first kappa shape index (κ1) is 9.62. The number of aryl methyl sites for hydroxylation is 1. The highest BCUT2D eigenvalue weighted by atomic mass is 32.2. The first-order valence-electron chi connectivity index (χ1n) is 4.21. The van der Waals surface area contributed by atoms with Crippen LogP contribution in [0, 0.1) is 13.8 Å². The highest BCUT2D eigenvalue weighted by Gasteiger charge is 1.99. The number of rotatable bonds is 3. The van der Waals surface area contributed by atoms with E-state index >= 15 is 0 Å². The van der Waals surface area contributed by atoms with E-state index in [0.717, 1.165) is 6.54 Å². The summed E-state index contributed by atoms with van der Waals surface area (Å²) < 4.78 is 3.25. The third kappa shape index (κ3) is 2.26. The standard InChI is InChI=1S/C10H15NS/c1-4-11-12-10-7-5-6-8(2)9(10)3/h5-7,11H,4H2,1-3H3. The van der Waals surface area contributed by atoms with E-state index in [4.69, 9.17) is 0 Å². The maximum absolute atomic E-state index is 3.25. The minimum Gasteiger partial charge on any atom is -0.260 e. The Morgan fingerprint density at radius 1 is 1.33 bits per heavy atom. The minimum atomic E-state index is 0.998. The van der Waals surface area contributed by atoms with Crippen LogP contribution in [0.4, 0.5) is 0 Å². The molecule has 0 saturated carbocycles. The lowest BCUT2D eigenvalue weighted by atomic mass is 10.1. The number of benzene rings is 1. The van der Waals surface area contributed by atoms with E-state index in [0.29, 0.717) is 0 Å². The third-order valence-corrected chi connectivity index (χ3v) is 2.98. The molecule has 1 aromatic rings. The highest BCUT2D eigenvalue weighted by Crippen LogP contribution is 2.21. The Balaban J connectivity index is 2.78. The summed E-state index contributed by atoms with van der Waals surface area (Å²) in [6, 6.07) is 6.39. The summed E-state index contributed by atoms with van der Waals surface area (Å²) >= 11 is 1.71. The third-order valence-electron chi connectivity index (χ3n) is 1.88. The van der Waals surface area contributed by atoms with E-state index in [1.54, 1.807) is 11.9 Å². The van der Waals surface area contributed by atoms with Gasteiger partial charge < -0.3 is 0 Å². The fourth-order valence-electron chi connectivity index (χ4n) is 0.985. The summed E-state index contributed by atoms with van der Waals surface area (Å²) in [6.45, 7) is 7.41. The van der Waals surface area contributed by atoms with Crippen molar-refractivity contribution >= 4 is 11.9 Å². The van der Waals surface area contributed by atoms with Crippen molar-refractivity contribution in [2.75, 3.05) is 6.54 Å². The van der Waals surface area contributed by atoms with Gasteiger partial charge in [-0.15, -0.1) is 0 Å². The van der Waals surface area contributed by atoms with Crippen molar-refractivity contribution in [1.82, 2.24) is 4.72 Å². The van der Waals surface area contributed by atoms with Gasteiger partial charge in [0.1, 0.15) is 0 Å². The molecule has 2 heteroatoms. The predicted molar refractivity (Wildman–Crippen MR) is 55.4 cm³/mol. The van der Waals surface area contributed by atoms with Gasteiger partial charge in [-0.2, -0.15) is 0 Å². The second-order valence-corrected chi connectivity index (χ2v) is 3.73. The summed E-state index contributed by atoms with van der Waals surface area (Å²) in [7, 11) is 0. The molecule has 0 saturated heterocycles. The molecule has 66 valence electrons. The summed E-state index contributed by atoms with van der Waals surface area (Å²) in [5.41, 5.74) is 2.74. The topological polar surface area (TPSA) is 12.0 Å². The van der Waals surface area contributed by atoms with Crippen LogP contribution >= 0.6 is 11.9 Å². The number of hydrogen-bond acceptors (Lipinski definition) is 2. The van der Waals surface area contributed by atoms with Crippen molar-refractivity contribution in [3.8, 4) is 0 Å². The van der Waals surface area contributed by atoms with Crippen LogP contribution in [0.2, 0.25) is 0 Å². The molecule has 0 radical (unpaired) electrons. The van der Waals surface area contributed by atoms with Gasteiger partial charge in [0, 0.05) is 11.4 Å². The van der Waals surface area contributed by atoms with Crippen LogP contribution in [-0.4, -0.2) is 6.54 Å². The second-order valence-electron chi connectivity index (χ2n) is 2.80. The molecule has 1 rings (SSSR count). The molecule has 0 aliphatic carbocycles. The van der Waals surface area contributed by atoms with Crippen molar-refractivity contribution in [3.05, 3.63) is 29.3 Å². The molecule has 0 amide bonds. The molecule has 0 heterocycles. The van der Waals surface area contributed by atoms with Gasteiger partial charge >= 0.3 is 0 Å². The van der Waals surface area contributed by atoms with Gasteiger partial charge in [-0.05, 0) is 43.0 Å². The van der Waals surface area contributed by atoms with Crippen LogP contribution in [0.3, 0.4) is 0 Å². The average molecular weight is 181 g/mol. The lowest BCUT2D eigenvalue weighted by Crippen LogP contribution is -2.01. The molecule has 1 aromatic carbocycles. The molecule has 0 atom stereocenters. The van der Waals surface area contributed by atoms with Crippen LogP contribution in [0.25, 0.3) is 0 Å². The SMILES string of the molecule is CCNSc1cccc(C)c1C. The molecule has 0 aliphatic rings. The summed E-state index contributed by atoms with van der Waals surface area (Å²) in [6.07, 6.45) is 0. The Bertz CT molecular complexity index is 258. The van der Waals surface area contributed by atoms with Gasteiger partial charge in [0.2, 0.25) is 0 Å². The van der Waals surface area contributed by atoms with E-state index in [1.807, 2.05) is 0 Å². The maximum atomic E-state index is 3.25. The molecule has 0 spiro atoms. The van der Waals surface area contributed by atoms with E-state index in [-0.39, 0.29) is 0 Å². The molecule has 1 nitrogen and oxygen atoms in total. The second kappa shape index (κ2) is 4.53. The van der Waals surface area contributed by atoms with Crippen LogP contribution < -0.4 is 4.72 Å². The molecule has 12 heavy (non-hydrogen) atoms. The lowest BCUT2D eigenvalue weighted by molar-refractivity contribution is 1.03. The van der Waals surface area contributed by atoms with E-state index in [2.05, 4.69) is 43.7 Å². The Hall–Kier alpha value is -0.470. The molecule has 0 unspecified atom stereocenters. The Labute approximate surface area is 78.7 Å². The molecule has 1 N–H and O–H groups in total. The Kier molecular flexibility index (Phi) is 3.63. The quantitative estimate of drug-likeness (QED) is 0.720. The Morgan fingerprint density at radius 2 is 2.08 bits per heavy atom. The van der Waals surface area contributed by atoms with Crippen LogP contribution in [0.5, 0.6) is 0 Å². The van der Waals surface area contributed by atoms with Gasteiger partial charge in [0.25, 0.3) is 0 Å². The molecular formula is C10H15NS. The van der Waals surface area contributed by atoms with Crippen LogP contribution in [-0.2, 0) is 0 Å². The first-order valence-corrected chi connectivity index (χ1v) is 5.03. The van der Waals surface area contributed by atoms with Gasteiger partial charge in [-0.1, -0.05) is 19.1 Å². The normalized spacial score (nSPS) is 10.2. The zero-order chi connectivity index (χ0) is 8.97. The number of hydrogen-bond donors (Lipinski definition) is 1. The fraction of sp³-hybridized carbons (Fsp3) is 0.400. The fourth-order valence-corrected chi connectivity index (χ4v) is 1.75. The minimum absolute atomic E-state index is 0.998. The van der Waals surface area contributed by atoms with E-state index in [9.17, 15) is 0 Å². The molecular weight excluding hydrogens is 166 g/mol. The zero-order valence-electron chi connectivity index (χ0n) is 7.85. The van der Waals surface area contributed by atoms with Crippen LogP contribution in [0.15, 0.2) is 23.1 Å². The maximum Gasteiger partial charge on any atom is 0.0259 e. The highest BCUT2D eigenvalue weighted by molar-refractivity contribution is 7.97. The number of nitrogens with one attached hydrogen (secondary N) is 1. The van der Waals surface area contributed by atoms with Gasteiger partial charge in [0.05, 0.1) is 0 Å². The largest absolute Gasteiger partial charge is 0.260 e. The lowest BCUT2D eigenvalue weighted by Gasteiger charge is -2.06. The van der Waals surface area contributed by atoms with Gasteiger partial charge in [-0.25, -0.2) is 0 Å². The Morgan fingerprint density at radius 3 is 2.75 bits per heavy atom. The summed E-state index contributed by atoms with van der Waals surface area (Å²) in [5, 5.41) is 0. The first-order chi connectivity index (χ1) is 5.75. The van der Waals surface area contributed by atoms with Gasteiger partial charge in [0.15, 0.2) is 0 Å². The molecule has 0 bridgehead atoms. The van der Waals surface area contributed by atoms with Crippen LogP contribution in [0.1, 0.15) is 18.1 Å². The average Bonchev–Trinajstić information content (AvgIpc) is 2.08. The van der Waals surface area contributed by atoms with E-state index < -0.39 is 0 Å². The molecule has 0 aliphatic heterocycles. The predicted octanol–water partition coefficient (Wildman–Crippen LogP) is 2.92.